The van der Waals surface area contributed by atoms with Crippen LogP contribution in [0, 0.1) is 5.92 Å². The first kappa shape index (κ1) is 19.1. The van der Waals surface area contributed by atoms with Crippen LogP contribution in [0.3, 0.4) is 0 Å². The summed E-state index contributed by atoms with van der Waals surface area (Å²) in [6.45, 7) is 5.41. The molecule has 1 atom stereocenters. The van der Waals surface area contributed by atoms with Crippen molar-refractivity contribution in [3.63, 3.8) is 0 Å². The number of fused-ring (bicyclic) bond motifs is 1. The Kier molecular flexibility index (Phi) is 5.52. The van der Waals surface area contributed by atoms with Gasteiger partial charge in [0.2, 0.25) is 0 Å². The number of rotatable bonds is 6. The van der Waals surface area contributed by atoms with E-state index in [1.807, 2.05) is 83.8 Å². The average molecular weight is 386 g/mol. The van der Waals surface area contributed by atoms with Crippen molar-refractivity contribution in [3.05, 3.63) is 95.6 Å². The summed E-state index contributed by atoms with van der Waals surface area (Å²) in [7, 11) is 0. The van der Waals surface area contributed by atoms with Gasteiger partial charge in [0.05, 0.1) is 12.2 Å². The maximum atomic E-state index is 13.4. The number of hydrogen-bond donors (Lipinski definition) is 1. The summed E-state index contributed by atoms with van der Waals surface area (Å²) in [5.41, 5.74) is 3.60. The molecule has 4 nitrogen and oxygen atoms in total. The van der Waals surface area contributed by atoms with E-state index in [1.54, 1.807) is 0 Å². The molecule has 148 valence electrons. The van der Waals surface area contributed by atoms with Crippen molar-refractivity contribution in [1.82, 2.24) is 4.90 Å². The van der Waals surface area contributed by atoms with Gasteiger partial charge in [-0.1, -0.05) is 74.5 Å². The first-order chi connectivity index (χ1) is 14.1. The Morgan fingerprint density at radius 1 is 0.931 bits per heavy atom. The van der Waals surface area contributed by atoms with E-state index < -0.39 is 0 Å². The van der Waals surface area contributed by atoms with Crippen LogP contribution in [0.5, 0.6) is 5.75 Å². The van der Waals surface area contributed by atoms with Crippen LogP contribution >= 0.6 is 0 Å². The van der Waals surface area contributed by atoms with Crippen LogP contribution in [0.15, 0.2) is 78.9 Å². The fourth-order valence-corrected chi connectivity index (χ4v) is 3.58. The third-order valence-corrected chi connectivity index (χ3v) is 5.00. The maximum Gasteiger partial charge on any atom is 0.258 e. The lowest BCUT2D eigenvalue weighted by molar-refractivity contribution is 0.0663. The predicted molar refractivity (Wildman–Crippen MR) is 116 cm³/mol. The van der Waals surface area contributed by atoms with Gasteiger partial charge in [0.15, 0.2) is 0 Å². The van der Waals surface area contributed by atoms with Crippen LogP contribution in [0.2, 0.25) is 0 Å². The fourth-order valence-electron chi connectivity index (χ4n) is 3.58. The highest BCUT2D eigenvalue weighted by Crippen LogP contribution is 2.37. The molecule has 1 aliphatic heterocycles. The zero-order valence-corrected chi connectivity index (χ0v) is 16.8. The second-order valence-corrected chi connectivity index (χ2v) is 7.75. The lowest BCUT2D eigenvalue weighted by Gasteiger charge is -2.38. The van der Waals surface area contributed by atoms with Gasteiger partial charge in [0.25, 0.3) is 5.91 Å². The number of anilines is 1. The largest absolute Gasteiger partial charge is 0.493 e. The number of nitrogens with zero attached hydrogens (tertiary/aromatic N) is 1. The molecule has 1 aliphatic rings. The Hall–Kier alpha value is -3.27. The Labute approximate surface area is 172 Å². The Balaban J connectivity index is 1.74. The summed E-state index contributed by atoms with van der Waals surface area (Å²) in [5.74, 6) is 1.25. The summed E-state index contributed by atoms with van der Waals surface area (Å²) in [5, 5.41) is 3.57. The number of hydrogen-bond acceptors (Lipinski definition) is 3. The smallest absolute Gasteiger partial charge is 0.258 e. The quantitative estimate of drug-likeness (QED) is 0.609. The zero-order valence-electron chi connectivity index (χ0n) is 16.8. The molecule has 4 rings (SSSR count). The van der Waals surface area contributed by atoms with Gasteiger partial charge in [-0.25, -0.2) is 0 Å². The van der Waals surface area contributed by atoms with Crippen LogP contribution < -0.4 is 10.1 Å². The topological polar surface area (TPSA) is 41.6 Å². The normalized spacial score (nSPS) is 15.8. The summed E-state index contributed by atoms with van der Waals surface area (Å²) in [4.78, 5) is 15.3. The molecule has 0 saturated carbocycles. The van der Waals surface area contributed by atoms with Crippen molar-refractivity contribution >= 4 is 11.6 Å². The molecule has 4 heteroatoms. The monoisotopic (exact) mass is 386 g/mol. The van der Waals surface area contributed by atoms with Crippen molar-refractivity contribution in [2.24, 2.45) is 5.92 Å². The minimum atomic E-state index is -0.305. The van der Waals surface area contributed by atoms with Crippen molar-refractivity contribution in [2.45, 2.75) is 26.6 Å². The number of ether oxygens (including phenoxy) is 1. The number of para-hydroxylation sites is 2. The van der Waals surface area contributed by atoms with Gasteiger partial charge in [-0.3, -0.25) is 4.79 Å². The van der Waals surface area contributed by atoms with Gasteiger partial charge < -0.3 is 15.0 Å². The third-order valence-electron chi connectivity index (χ3n) is 5.00. The third kappa shape index (κ3) is 4.11. The van der Waals surface area contributed by atoms with E-state index in [1.165, 1.54) is 0 Å². The first-order valence-electron chi connectivity index (χ1n) is 10.1. The maximum absolute atomic E-state index is 13.4. The molecule has 29 heavy (non-hydrogen) atoms. The van der Waals surface area contributed by atoms with Crippen LogP contribution in [0.25, 0.3) is 0 Å². The lowest BCUT2D eigenvalue weighted by Crippen LogP contribution is -2.42. The van der Waals surface area contributed by atoms with E-state index in [4.69, 9.17) is 4.74 Å². The number of nitrogens with one attached hydrogen (secondary N) is 1. The van der Waals surface area contributed by atoms with Crippen LogP contribution in [-0.4, -0.2) is 17.4 Å². The molecule has 3 aromatic carbocycles. The summed E-state index contributed by atoms with van der Waals surface area (Å²) in [6, 6.07) is 25.7. The molecular formula is C25H26N2O2. The molecule has 0 aromatic heterocycles. The molecule has 0 bridgehead atoms. The van der Waals surface area contributed by atoms with Gasteiger partial charge in [0, 0.05) is 17.8 Å². The second kappa shape index (κ2) is 8.39. The number of carbonyl (C=O) groups is 1. The SMILES string of the molecule is CC(C)COc1ccccc1C1Nc2ccccc2C(=O)N1Cc1ccccc1. The van der Waals surface area contributed by atoms with E-state index >= 15 is 0 Å². The highest BCUT2D eigenvalue weighted by molar-refractivity contribution is 6.01. The molecule has 1 heterocycles. The van der Waals surface area contributed by atoms with Gasteiger partial charge in [-0.05, 0) is 29.7 Å². The molecule has 0 radical (unpaired) electrons. The summed E-state index contributed by atoms with van der Waals surface area (Å²) < 4.78 is 6.10. The van der Waals surface area contributed by atoms with E-state index in [-0.39, 0.29) is 12.1 Å². The van der Waals surface area contributed by atoms with Crippen molar-refractivity contribution in [1.29, 1.82) is 0 Å². The number of amides is 1. The van der Waals surface area contributed by atoms with E-state index in [0.29, 0.717) is 24.6 Å². The van der Waals surface area contributed by atoms with Crippen LogP contribution in [0.1, 0.15) is 41.5 Å². The molecule has 1 amide bonds. The predicted octanol–water partition coefficient (Wildman–Crippen LogP) is 5.49. The average Bonchev–Trinajstić information content (AvgIpc) is 2.75. The standard InChI is InChI=1S/C25H26N2O2/c1-18(2)17-29-23-15-9-7-13-21(23)24-26-22-14-8-6-12-20(22)25(28)27(24)16-19-10-4-3-5-11-19/h3-15,18,24,26H,16-17H2,1-2H3. The van der Waals surface area contributed by atoms with Gasteiger partial charge in [-0.2, -0.15) is 0 Å². The summed E-state index contributed by atoms with van der Waals surface area (Å²) in [6.07, 6.45) is -0.305. The second-order valence-electron chi connectivity index (χ2n) is 7.75. The molecule has 3 aromatic rings. The first-order valence-corrected chi connectivity index (χ1v) is 10.1. The number of benzene rings is 3. The van der Waals surface area contributed by atoms with Gasteiger partial charge in [0.1, 0.15) is 11.9 Å². The van der Waals surface area contributed by atoms with Gasteiger partial charge in [-0.15, -0.1) is 0 Å². The molecular weight excluding hydrogens is 360 g/mol. The van der Waals surface area contributed by atoms with E-state index in [2.05, 4.69) is 19.2 Å². The Bertz CT molecular complexity index is 985. The molecule has 1 unspecified atom stereocenters. The van der Waals surface area contributed by atoms with E-state index in [0.717, 1.165) is 22.6 Å². The van der Waals surface area contributed by atoms with Crippen molar-refractivity contribution < 1.29 is 9.53 Å². The van der Waals surface area contributed by atoms with Crippen molar-refractivity contribution in [3.8, 4) is 5.75 Å². The highest BCUT2D eigenvalue weighted by atomic mass is 16.5. The highest BCUT2D eigenvalue weighted by Gasteiger charge is 2.34. The minimum Gasteiger partial charge on any atom is -0.493 e. The van der Waals surface area contributed by atoms with E-state index in [9.17, 15) is 4.79 Å². The zero-order chi connectivity index (χ0) is 20.2. The molecule has 0 aliphatic carbocycles. The Morgan fingerprint density at radius 2 is 1.62 bits per heavy atom. The lowest BCUT2D eigenvalue weighted by atomic mass is 10.0. The van der Waals surface area contributed by atoms with Crippen molar-refractivity contribution in [2.75, 3.05) is 11.9 Å². The number of carbonyl (C=O) groups excluding carboxylic acids is 1. The summed E-state index contributed by atoms with van der Waals surface area (Å²) >= 11 is 0. The van der Waals surface area contributed by atoms with Crippen LogP contribution in [0.4, 0.5) is 5.69 Å². The molecule has 0 saturated heterocycles. The van der Waals surface area contributed by atoms with Crippen LogP contribution in [-0.2, 0) is 6.54 Å². The van der Waals surface area contributed by atoms with Gasteiger partial charge >= 0.3 is 0 Å². The molecule has 0 spiro atoms. The Morgan fingerprint density at radius 3 is 2.41 bits per heavy atom. The fraction of sp³-hybridized carbons (Fsp3) is 0.240. The molecule has 0 fully saturated rings. The molecule has 1 N–H and O–H groups in total. The minimum absolute atomic E-state index is 0.0202.